The van der Waals surface area contributed by atoms with Gasteiger partial charge in [-0.25, -0.2) is 0 Å². The van der Waals surface area contributed by atoms with E-state index in [1.54, 1.807) is 4.90 Å². The maximum Gasteiger partial charge on any atom is 0.220 e. The third-order valence-corrected chi connectivity index (χ3v) is 4.39. The molecule has 0 aliphatic carbocycles. The molecule has 6 heteroatoms. The Morgan fingerprint density at radius 2 is 1.60 bits per heavy atom. The maximum absolute atomic E-state index is 11.8. The molecule has 0 atom stereocenters. The molecule has 6 nitrogen and oxygen atoms in total. The van der Waals surface area contributed by atoms with E-state index in [0.717, 1.165) is 45.7 Å². The molecule has 1 heterocycles. The summed E-state index contributed by atoms with van der Waals surface area (Å²) in [5.74, 6) is -0.112. The largest absolute Gasteiger partial charge is 0.370 e. The van der Waals surface area contributed by atoms with Crippen molar-refractivity contribution in [1.29, 1.82) is 0 Å². The molecular formula is C19H30N3O3+. The highest BCUT2D eigenvalue weighted by atomic mass is 16.5. The molecule has 1 fully saturated rings. The number of nitrogens with one attached hydrogen (secondary N) is 3. The van der Waals surface area contributed by atoms with Crippen LogP contribution in [0.1, 0.15) is 24.8 Å². The zero-order valence-corrected chi connectivity index (χ0v) is 14.9. The summed E-state index contributed by atoms with van der Waals surface area (Å²) in [5, 5.41) is 5.76. The second-order valence-corrected chi connectivity index (χ2v) is 6.40. The first kappa shape index (κ1) is 19.4. The van der Waals surface area contributed by atoms with Gasteiger partial charge in [-0.15, -0.1) is 0 Å². The number of amides is 2. The van der Waals surface area contributed by atoms with Crippen molar-refractivity contribution in [1.82, 2.24) is 10.6 Å². The topological polar surface area (TPSA) is 71.9 Å². The van der Waals surface area contributed by atoms with Crippen molar-refractivity contribution >= 4 is 11.8 Å². The Morgan fingerprint density at radius 1 is 0.960 bits per heavy atom. The van der Waals surface area contributed by atoms with Crippen molar-refractivity contribution in [3.8, 4) is 0 Å². The van der Waals surface area contributed by atoms with Gasteiger partial charge in [-0.1, -0.05) is 30.3 Å². The van der Waals surface area contributed by atoms with Crippen LogP contribution < -0.4 is 15.5 Å². The first-order valence-electron chi connectivity index (χ1n) is 9.22. The van der Waals surface area contributed by atoms with Gasteiger partial charge in [-0.3, -0.25) is 9.59 Å². The minimum absolute atomic E-state index is 0.0461. The highest BCUT2D eigenvalue weighted by Crippen LogP contribution is 1.98. The van der Waals surface area contributed by atoms with Crippen molar-refractivity contribution < 1.29 is 19.2 Å². The molecule has 25 heavy (non-hydrogen) atoms. The van der Waals surface area contributed by atoms with E-state index in [1.807, 2.05) is 30.3 Å². The lowest BCUT2D eigenvalue weighted by atomic mass is 10.1. The molecule has 1 aromatic carbocycles. The molecule has 2 rings (SSSR count). The molecule has 138 valence electrons. The Bertz CT molecular complexity index is 516. The van der Waals surface area contributed by atoms with E-state index in [1.165, 1.54) is 5.56 Å². The van der Waals surface area contributed by atoms with Crippen molar-refractivity contribution in [3.05, 3.63) is 35.9 Å². The van der Waals surface area contributed by atoms with Gasteiger partial charge in [0.15, 0.2) is 0 Å². The monoisotopic (exact) mass is 348 g/mol. The van der Waals surface area contributed by atoms with Crippen LogP contribution in [0.15, 0.2) is 30.3 Å². The third-order valence-electron chi connectivity index (χ3n) is 4.39. The molecular weight excluding hydrogens is 318 g/mol. The lowest BCUT2D eigenvalue weighted by Gasteiger charge is -2.23. The van der Waals surface area contributed by atoms with Gasteiger partial charge in [-0.2, -0.15) is 0 Å². The number of hydrogen-bond acceptors (Lipinski definition) is 3. The number of carbonyl (C=O) groups excluding carboxylic acids is 2. The van der Waals surface area contributed by atoms with Crippen LogP contribution in [0.3, 0.4) is 0 Å². The van der Waals surface area contributed by atoms with Crippen LogP contribution >= 0.6 is 0 Å². The molecule has 0 unspecified atom stereocenters. The predicted molar refractivity (Wildman–Crippen MR) is 96.4 cm³/mol. The molecule has 0 radical (unpaired) electrons. The second kappa shape index (κ2) is 11.6. The second-order valence-electron chi connectivity index (χ2n) is 6.40. The molecule has 0 saturated carbocycles. The Morgan fingerprint density at radius 3 is 2.28 bits per heavy atom. The summed E-state index contributed by atoms with van der Waals surface area (Å²) in [7, 11) is 0. The molecule has 1 aliphatic rings. The molecule has 3 N–H and O–H groups in total. The summed E-state index contributed by atoms with van der Waals surface area (Å²) in [6.07, 6.45) is 2.27. The predicted octanol–water partition coefficient (Wildman–Crippen LogP) is -0.453. The van der Waals surface area contributed by atoms with Gasteiger partial charge in [0.1, 0.15) is 13.1 Å². The normalized spacial score (nSPS) is 14.9. The molecule has 0 aromatic heterocycles. The van der Waals surface area contributed by atoms with Crippen LogP contribution in [0.4, 0.5) is 0 Å². The van der Waals surface area contributed by atoms with Crippen LogP contribution in [0.2, 0.25) is 0 Å². The zero-order valence-electron chi connectivity index (χ0n) is 14.9. The van der Waals surface area contributed by atoms with Crippen LogP contribution in [-0.2, 0) is 20.7 Å². The summed E-state index contributed by atoms with van der Waals surface area (Å²) < 4.78 is 5.32. The Hall–Kier alpha value is -1.92. The van der Waals surface area contributed by atoms with Crippen molar-refractivity contribution in [3.63, 3.8) is 0 Å². The highest BCUT2D eigenvalue weighted by Gasteiger charge is 2.13. The van der Waals surface area contributed by atoms with Crippen LogP contribution in [-0.4, -0.2) is 57.8 Å². The first-order chi connectivity index (χ1) is 12.2. The van der Waals surface area contributed by atoms with E-state index >= 15 is 0 Å². The fraction of sp³-hybridized carbons (Fsp3) is 0.579. The average molecular weight is 348 g/mol. The molecule has 0 spiro atoms. The summed E-state index contributed by atoms with van der Waals surface area (Å²) in [6, 6.07) is 10.0. The van der Waals surface area contributed by atoms with Gasteiger partial charge in [0, 0.05) is 32.4 Å². The Kier molecular flexibility index (Phi) is 9.01. The van der Waals surface area contributed by atoms with Crippen molar-refractivity contribution in [2.75, 3.05) is 45.9 Å². The summed E-state index contributed by atoms with van der Waals surface area (Å²) in [6.45, 7) is 6.12. The van der Waals surface area contributed by atoms with Crippen LogP contribution in [0, 0.1) is 0 Å². The average Bonchev–Trinajstić information content (AvgIpc) is 2.65. The summed E-state index contributed by atoms with van der Waals surface area (Å²) in [4.78, 5) is 25.1. The number of morpholine rings is 1. The van der Waals surface area contributed by atoms with E-state index in [0.29, 0.717) is 13.1 Å². The fourth-order valence-electron chi connectivity index (χ4n) is 2.87. The fourth-order valence-corrected chi connectivity index (χ4v) is 2.87. The van der Waals surface area contributed by atoms with Gasteiger partial charge in [0.2, 0.25) is 11.8 Å². The number of quaternary nitrogens is 1. The van der Waals surface area contributed by atoms with Gasteiger partial charge in [0.05, 0.1) is 19.8 Å². The number of hydrogen-bond donors (Lipinski definition) is 3. The third kappa shape index (κ3) is 8.65. The minimum atomic E-state index is -0.0659. The highest BCUT2D eigenvalue weighted by molar-refractivity contribution is 5.83. The Balaban J connectivity index is 1.45. The number of benzene rings is 1. The number of rotatable bonds is 10. The molecule has 2 amide bonds. The maximum atomic E-state index is 11.8. The van der Waals surface area contributed by atoms with Crippen molar-refractivity contribution in [2.24, 2.45) is 0 Å². The van der Waals surface area contributed by atoms with E-state index in [-0.39, 0.29) is 24.7 Å². The smallest absolute Gasteiger partial charge is 0.220 e. The molecule has 1 aliphatic heterocycles. The van der Waals surface area contributed by atoms with Crippen LogP contribution in [0.5, 0.6) is 0 Å². The van der Waals surface area contributed by atoms with E-state index in [9.17, 15) is 9.59 Å². The van der Waals surface area contributed by atoms with Gasteiger partial charge >= 0.3 is 0 Å². The minimum Gasteiger partial charge on any atom is -0.370 e. The van der Waals surface area contributed by atoms with E-state index in [2.05, 4.69) is 10.6 Å². The first-order valence-corrected chi connectivity index (χ1v) is 9.22. The van der Waals surface area contributed by atoms with Gasteiger partial charge in [-0.05, 0) is 12.0 Å². The van der Waals surface area contributed by atoms with Gasteiger partial charge < -0.3 is 20.3 Å². The lowest BCUT2D eigenvalue weighted by Crippen LogP contribution is -3.14. The number of ether oxygens (including phenoxy) is 1. The zero-order chi connectivity index (χ0) is 17.7. The van der Waals surface area contributed by atoms with E-state index in [4.69, 9.17) is 4.74 Å². The van der Waals surface area contributed by atoms with Crippen LogP contribution in [0.25, 0.3) is 0 Å². The van der Waals surface area contributed by atoms with Crippen molar-refractivity contribution in [2.45, 2.75) is 25.7 Å². The molecule has 1 saturated heterocycles. The van der Waals surface area contributed by atoms with E-state index < -0.39 is 0 Å². The quantitative estimate of drug-likeness (QED) is 0.502. The standard InChI is InChI=1S/C19H29N3O3/c23-18(20-10-4-12-22-13-15-25-16-14-22)7-8-19(24)21-11-9-17-5-2-1-3-6-17/h1-3,5-6H,4,7-16H2,(H,20,23)(H,21,24)/p+1. The molecule has 1 aromatic rings. The number of carbonyl (C=O) groups is 2. The summed E-state index contributed by atoms with van der Waals surface area (Å²) >= 11 is 0. The molecule has 0 bridgehead atoms. The lowest BCUT2D eigenvalue weighted by molar-refractivity contribution is -0.908. The Labute approximate surface area is 149 Å². The summed E-state index contributed by atoms with van der Waals surface area (Å²) in [5.41, 5.74) is 1.20. The SMILES string of the molecule is O=C(CCC(=O)NCCc1ccccc1)NCCC[NH+]1CCOCC1. The van der Waals surface area contributed by atoms with Gasteiger partial charge in [0.25, 0.3) is 0 Å².